The van der Waals surface area contributed by atoms with Crippen LogP contribution in [0, 0.1) is 0 Å². The van der Waals surface area contributed by atoms with Crippen LogP contribution in [0.4, 0.5) is 24.5 Å². The Morgan fingerprint density at radius 3 is 2.27 bits per heavy atom. The summed E-state index contributed by atoms with van der Waals surface area (Å²) in [5.41, 5.74) is 6.40. The number of aliphatic hydroxyl groups excluding tert-OH is 1. The number of hydrogen-bond donors (Lipinski definition) is 3. The van der Waals surface area contributed by atoms with Gasteiger partial charge in [-0.25, -0.2) is 0 Å². The number of nitrogen functional groups attached to an aromatic ring is 1. The molecule has 0 aromatic heterocycles. The first-order valence-electron chi connectivity index (χ1n) is 4.24. The lowest BCUT2D eigenvalue weighted by atomic mass is 10.2. The average molecular weight is 220 g/mol. The number of benzene rings is 1. The van der Waals surface area contributed by atoms with Gasteiger partial charge in [-0.3, -0.25) is 0 Å². The Kier molecular flexibility index (Phi) is 3.41. The summed E-state index contributed by atoms with van der Waals surface area (Å²) < 4.78 is 35.7. The highest BCUT2D eigenvalue weighted by Gasteiger charge is 2.37. The second kappa shape index (κ2) is 4.39. The van der Waals surface area contributed by atoms with E-state index in [0.717, 1.165) is 0 Å². The zero-order chi connectivity index (χ0) is 11.5. The SMILES string of the molecule is Nc1ccc(NCC(O)C(F)(F)F)cc1. The molecule has 0 aliphatic carbocycles. The van der Waals surface area contributed by atoms with Gasteiger partial charge in [0, 0.05) is 17.9 Å². The molecule has 1 aromatic carbocycles. The number of halogens is 3. The molecular weight excluding hydrogens is 209 g/mol. The molecule has 0 spiro atoms. The molecule has 1 atom stereocenters. The molecule has 1 rings (SSSR count). The molecule has 15 heavy (non-hydrogen) atoms. The van der Waals surface area contributed by atoms with E-state index in [1.54, 1.807) is 24.3 Å². The van der Waals surface area contributed by atoms with Crippen LogP contribution in [-0.2, 0) is 0 Å². The third-order valence-electron chi connectivity index (χ3n) is 1.79. The van der Waals surface area contributed by atoms with Gasteiger partial charge in [0.2, 0.25) is 0 Å². The fourth-order valence-electron chi connectivity index (χ4n) is 0.931. The van der Waals surface area contributed by atoms with E-state index >= 15 is 0 Å². The number of aliphatic hydroxyl groups is 1. The third-order valence-corrected chi connectivity index (χ3v) is 1.79. The zero-order valence-electron chi connectivity index (χ0n) is 7.75. The van der Waals surface area contributed by atoms with Gasteiger partial charge in [0.25, 0.3) is 0 Å². The molecule has 0 aliphatic rings. The fraction of sp³-hybridized carbons (Fsp3) is 0.333. The Balaban J connectivity index is 2.47. The number of hydrogen-bond acceptors (Lipinski definition) is 3. The van der Waals surface area contributed by atoms with E-state index < -0.39 is 18.8 Å². The lowest BCUT2D eigenvalue weighted by Gasteiger charge is -2.15. The van der Waals surface area contributed by atoms with E-state index in [-0.39, 0.29) is 0 Å². The lowest BCUT2D eigenvalue weighted by Crippen LogP contribution is -2.34. The third kappa shape index (κ3) is 3.67. The van der Waals surface area contributed by atoms with Gasteiger partial charge in [0.1, 0.15) is 0 Å². The van der Waals surface area contributed by atoms with Crippen molar-refractivity contribution in [1.82, 2.24) is 0 Å². The van der Waals surface area contributed by atoms with Crippen LogP contribution in [-0.4, -0.2) is 23.9 Å². The van der Waals surface area contributed by atoms with E-state index in [9.17, 15) is 13.2 Å². The fourth-order valence-corrected chi connectivity index (χ4v) is 0.931. The van der Waals surface area contributed by atoms with Crippen LogP contribution in [0.3, 0.4) is 0 Å². The highest BCUT2D eigenvalue weighted by Crippen LogP contribution is 2.20. The highest BCUT2D eigenvalue weighted by atomic mass is 19.4. The van der Waals surface area contributed by atoms with Crippen molar-refractivity contribution < 1.29 is 18.3 Å². The topological polar surface area (TPSA) is 58.3 Å². The summed E-state index contributed by atoms with van der Waals surface area (Å²) in [5.74, 6) is 0. The quantitative estimate of drug-likeness (QED) is 0.678. The Hall–Kier alpha value is -1.43. The van der Waals surface area contributed by atoms with Crippen molar-refractivity contribution in [3.05, 3.63) is 24.3 Å². The molecule has 0 radical (unpaired) electrons. The summed E-state index contributed by atoms with van der Waals surface area (Å²) >= 11 is 0. The van der Waals surface area contributed by atoms with Crippen molar-refractivity contribution >= 4 is 11.4 Å². The maximum atomic E-state index is 11.9. The first-order chi connectivity index (χ1) is 6.89. The number of rotatable bonds is 3. The number of nitrogens with one attached hydrogen (secondary N) is 1. The minimum absolute atomic E-state index is 0.479. The summed E-state index contributed by atoms with van der Waals surface area (Å²) in [6.45, 7) is -0.576. The van der Waals surface area contributed by atoms with Crippen LogP contribution < -0.4 is 11.1 Å². The van der Waals surface area contributed by atoms with Crippen molar-refractivity contribution in [1.29, 1.82) is 0 Å². The molecule has 0 amide bonds. The van der Waals surface area contributed by atoms with Crippen LogP contribution in [0.2, 0.25) is 0 Å². The van der Waals surface area contributed by atoms with Crippen LogP contribution in [0.5, 0.6) is 0 Å². The minimum atomic E-state index is -4.60. The molecule has 3 nitrogen and oxygen atoms in total. The standard InChI is InChI=1S/C9H11F3N2O/c10-9(11,12)8(15)5-14-7-3-1-6(13)2-4-7/h1-4,8,14-15H,5,13H2. The van der Waals surface area contributed by atoms with Crippen LogP contribution >= 0.6 is 0 Å². The summed E-state index contributed by atoms with van der Waals surface area (Å²) in [4.78, 5) is 0. The van der Waals surface area contributed by atoms with Gasteiger partial charge in [-0.2, -0.15) is 13.2 Å². The summed E-state index contributed by atoms with van der Waals surface area (Å²) in [7, 11) is 0. The molecule has 0 fully saturated rings. The van der Waals surface area contributed by atoms with E-state index in [2.05, 4.69) is 5.32 Å². The van der Waals surface area contributed by atoms with Gasteiger partial charge < -0.3 is 16.2 Å². The Bertz CT molecular complexity index is 310. The van der Waals surface area contributed by atoms with E-state index in [1.165, 1.54) is 0 Å². The number of anilines is 2. The van der Waals surface area contributed by atoms with Crippen LogP contribution in [0.15, 0.2) is 24.3 Å². The molecular formula is C9H11F3N2O. The minimum Gasteiger partial charge on any atom is -0.399 e. The zero-order valence-corrected chi connectivity index (χ0v) is 7.75. The molecule has 0 bridgehead atoms. The van der Waals surface area contributed by atoms with Crippen molar-refractivity contribution in [2.24, 2.45) is 0 Å². The normalized spacial score (nSPS) is 13.6. The molecule has 1 aromatic rings. The number of nitrogens with two attached hydrogens (primary N) is 1. The summed E-state index contributed by atoms with van der Waals surface area (Å²) in [6.07, 6.45) is -6.96. The van der Waals surface area contributed by atoms with Gasteiger partial charge in [0.05, 0.1) is 0 Å². The molecule has 84 valence electrons. The smallest absolute Gasteiger partial charge is 0.399 e. The Morgan fingerprint density at radius 2 is 1.80 bits per heavy atom. The molecule has 0 aliphatic heterocycles. The van der Waals surface area contributed by atoms with Gasteiger partial charge in [-0.05, 0) is 24.3 Å². The second-order valence-corrected chi connectivity index (χ2v) is 3.06. The van der Waals surface area contributed by atoms with Gasteiger partial charge >= 0.3 is 6.18 Å². The first kappa shape index (κ1) is 11.6. The largest absolute Gasteiger partial charge is 0.416 e. The van der Waals surface area contributed by atoms with E-state index in [1.807, 2.05) is 0 Å². The highest BCUT2D eigenvalue weighted by molar-refractivity contribution is 5.51. The van der Waals surface area contributed by atoms with Gasteiger partial charge in [-0.15, -0.1) is 0 Å². The predicted octanol–water partition coefficient (Wildman–Crippen LogP) is 1.60. The molecule has 0 heterocycles. The van der Waals surface area contributed by atoms with Crippen molar-refractivity contribution in [2.45, 2.75) is 12.3 Å². The molecule has 6 heteroatoms. The molecule has 1 unspecified atom stereocenters. The monoisotopic (exact) mass is 220 g/mol. The van der Waals surface area contributed by atoms with Crippen LogP contribution in [0.1, 0.15) is 0 Å². The van der Waals surface area contributed by atoms with Crippen molar-refractivity contribution in [3.63, 3.8) is 0 Å². The number of alkyl halides is 3. The van der Waals surface area contributed by atoms with E-state index in [0.29, 0.717) is 11.4 Å². The predicted molar refractivity (Wildman–Crippen MR) is 51.4 cm³/mol. The summed E-state index contributed by atoms with van der Waals surface area (Å²) in [5, 5.41) is 11.1. The molecule has 4 N–H and O–H groups in total. The first-order valence-corrected chi connectivity index (χ1v) is 4.24. The Labute approximate surface area is 84.7 Å². The Morgan fingerprint density at radius 1 is 1.27 bits per heavy atom. The van der Waals surface area contributed by atoms with Crippen molar-refractivity contribution in [3.8, 4) is 0 Å². The maximum absolute atomic E-state index is 11.9. The van der Waals surface area contributed by atoms with Gasteiger partial charge in [0.15, 0.2) is 6.10 Å². The second-order valence-electron chi connectivity index (χ2n) is 3.06. The molecule has 0 saturated heterocycles. The maximum Gasteiger partial charge on any atom is 0.416 e. The lowest BCUT2D eigenvalue weighted by molar-refractivity contribution is -0.198. The van der Waals surface area contributed by atoms with Crippen LogP contribution in [0.25, 0.3) is 0 Å². The average Bonchev–Trinajstić information content (AvgIpc) is 2.15. The molecule has 0 saturated carbocycles. The van der Waals surface area contributed by atoms with E-state index in [4.69, 9.17) is 10.8 Å². The van der Waals surface area contributed by atoms with Crippen molar-refractivity contribution in [2.75, 3.05) is 17.6 Å². The van der Waals surface area contributed by atoms with Gasteiger partial charge in [-0.1, -0.05) is 0 Å². The summed E-state index contributed by atoms with van der Waals surface area (Å²) in [6, 6.07) is 6.20.